The van der Waals surface area contributed by atoms with Gasteiger partial charge in [-0.25, -0.2) is 0 Å². The van der Waals surface area contributed by atoms with Gasteiger partial charge >= 0.3 is 0 Å². The fraction of sp³-hybridized carbons (Fsp3) is 0.917. The van der Waals surface area contributed by atoms with E-state index in [0.717, 1.165) is 58.7 Å². The fourth-order valence-electron chi connectivity index (χ4n) is 2.61. The lowest BCUT2D eigenvalue weighted by Gasteiger charge is -2.26. The SMILES string of the molecule is NC1CCCC1C(=O)NCCN1CCOCC1. The normalized spacial score (nSPS) is 30.4. The van der Waals surface area contributed by atoms with Crippen LogP contribution >= 0.6 is 0 Å². The number of amides is 1. The molecule has 2 atom stereocenters. The van der Waals surface area contributed by atoms with Crippen molar-refractivity contribution in [2.45, 2.75) is 25.3 Å². The molecule has 2 aliphatic rings. The maximum atomic E-state index is 11.9. The van der Waals surface area contributed by atoms with Crippen molar-refractivity contribution in [3.8, 4) is 0 Å². The molecule has 98 valence electrons. The van der Waals surface area contributed by atoms with Gasteiger partial charge < -0.3 is 15.8 Å². The first-order chi connectivity index (χ1) is 8.27. The summed E-state index contributed by atoms with van der Waals surface area (Å²) in [7, 11) is 0. The average molecular weight is 241 g/mol. The van der Waals surface area contributed by atoms with E-state index in [9.17, 15) is 4.79 Å². The highest BCUT2D eigenvalue weighted by molar-refractivity contribution is 5.79. The van der Waals surface area contributed by atoms with Crippen molar-refractivity contribution in [1.29, 1.82) is 0 Å². The predicted octanol–water partition coefficient (Wildman–Crippen LogP) is -0.438. The minimum absolute atomic E-state index is 0.0414. The van der Waals surface area contributed by atoms with Crippen LogP contribution in [0.2, 0.25) is 0 Å². The van der Waals surface area contributed by atoms with Crippen LogP contribution < -0.4 is 11.1 Å². The van der Waals surface area contributed by atoms with Crippen molar-refractivity contribution in [1.82, 2.24) is 10.2 Å². The third-order valence-electron chi connectivity index (χ3n) is 3.74. The maximum Gasteiger partial charge on any atom is 0.224 e. The number of nitrogens with two attached hydrogens (primary N) is 1. The van der Waals surface area contributed by atoms with Gasteiger partial charge in [0.25, 0.3) is 0 Å². The standard InChI is InChI=1S/C12H23N3O2/c13-11-3-1-2-10(11)12(16)14-4-5-15-6-8-17-9-7-15/h10-11H,1-9,13H2,(H,14,16). The van der Waals surface area contributed by atoms with Gasteiger partial charge in [-0.3, -0.25) is 9.69 Å². The molecular formula is C12H23N3O2. The van der Waals surface area contributed by atoms with E-state index in [1.165, 1.54) is 0 Å². The van der Waals surface area contributed by atoms with Crippen molar-refractivity contribution >= 4 is 5.91 Å². The van der Waals surface area contributed by atoms with Gasteiger partial charge in [0, 0.05) is 32.2 Å². The summed E-state index contributed by atoms with van der Waals surface area (Å²) in [5, 5.41) is 3.00. The number of hydrogen-bond donors (Lipinski definition) is 2. The zero-order chi connectivity index (χ0) is 12.1. The highest BCUT2D eigenvalue weighted by atomic mass is 16.5. The van der Waals surface area contributed by atoms with Gasteiger partial charge in [-0.1, -0.05) is 6.42 Å². The summed E-state index contributed by atoms with van der Waals surface area (Å²) in [4.78, 5) is 14.2. The second kappa shape index (κ2) is 6.33. The molecule has 1 aliphatic heterocycles. The smallest absolute Gasteiger partial charge is 0.224 e. The lowest BCUT2D eigenvalue weighted by molar-refractivity contribution is -0.125. The molecule has 1 aliphatic carbocycles. The lowest BCUT2D eigenvalue weighted by Crippen LogP contribution is -2.44. The summed E-state index contributed by atoms with van der Waals surface area (Å²) in [6, 6.07) is 0.0680. The molecule has 0 aromatic rings. The largest absolute Gasteiger partial charge is 0.379 e. The van der Waals surface area contributed by atoms with Gasteiger partial charge in [0.05, 0.1) is 19.1 Å². The molecule has 0 aromatic carbocycles. The Kier molecular flexibility index (Phi) is 4.76. The molecule has 0 aromatic heterocycles. The molecule has 0 spiro atoms. The van der Waals surface area contributed by atoms with Gasteiger partial charge in [-0.15, -0.1) is 0 Å². The summed E-state index contributed by atoms with van der Waals surface area (Å²) in [5.74, 6) is 0.183. The first kappa shape index (κ1) is 12.8. The van der Waals surface area contributed by atoms with E-state index in [2.05, 4.69) is 10.2 Å². The molecule has 5 nitrogen and oxygen atoms in total. The molecule has 5 heteroatoms. The third kappa shape index (κ3) is 3.66. The van der Waals surface area contributed by atoms with Crippen LogP contribution in [-0.2, 0) is 9.53 Å². The fourth-order valence-corrected chi connectivity index (χ4v) is 2.61. The van der Waals surface area contributed by atoms with Crippen LogP contribution in [0.3, 0.4) is 0 Å². The summed E-state index contributed by atoms with van der Waals surface area (Å²) in [5.41, 5.74) is 5.91. The van der Waals surface area contributed by atoms with Crippen LogP contribution in [0.15, 0.2) is 0 Å². The molecule has 1 heterocycles. The van der Waals surface area contributed by atoms with Crippen LogP contribution in [0.4, 0.5) is 0 Å². The van der Waals surface area contributed by atoms with Crippen LogP contribution in [0.5, 0.6) is 0 Å². The monoisotopic (exact) mass is 241 g/mol. The quantitative estimate of drug-likeness (QED) is 0.700. The molecule has 2 unspecified atom stereocenters. The minimum Gasteiger partial charge on any atom is -0.379 e. The summed E-state index contributed by atoms with van der Waals surface area (Å²) >= 11 is 0. The number of nitrogens with zero attached hydrogens (tertiary/aromatic N) is 1. The Balaban J connectivity index is 1.62. The first-order valence-corrected chi connectivity index (χ1v) is 6.61. The molecule has 3 N–H and O–H groups in total. The van der Waals surface area contributed by atoms with Crippen molar-refractivity contribution in [3.05, 3.63) is 0 Å². The van der Waals surface area contributed by atoms with E-state index in [4.69, 9.17) is 10.5 Å². The van der Waals surface area contributed by atoms with E-state index in [1.807, 2.05) is 0 Å². The summed E-state index contributed by atoms with van der Waals surface area (Å²) < 4.78 is 5.28. The molecule has 1 saturated carbocycles. The Hall–Kier alpha value is -0.650. The van der Waals surface area contributed by atoms with Crippen LogP contribution in [0.1, 0.15) is 19.3 Å². The topological polar surface area (TPSA) is 67.6 Å². The molecular weight excluding hydrogens is 218 g/mol. The molecule has 1 saturated heterocycles. The van der Waals surface area contributed by atoms with Crippen LogP contribution in [0.25, 0.3) is 0 Å². The number of ether oxygens (including phenoxy) is 1. The Labute approximate surface area is 103 Å². The van der Waals surface area contributed by atoms with Crippen molar-refractivity contribution in [2.75, 3.05) is 39.4 Å². The van der Waals surface area contributed by atoms with Gasteiger partial charge in [0.1, 0.15) is 0 Å². The lowest BCUT2D eigenvalue weighted by atomic mass is 10.0. The number of rotatable bonds is 4. The highest BCUT2D eigenvalue weighted by Gasteiger charge is 2.29. The van der Waals surface area contributed by atoms with E-state index < -0.39 is 0 Å². The number of carbonyl (C=O) groups excluding carboxylic acids is 1. The Bertz CT molecular complexity index is 254. The van der Waals surface area contributed by atoms with Crippen molar-refractivity contribution < 1.29 is 9.53 Å². The number of nitrogens with one attached hydrogen (secondary N) is 1. The van der Waals surface area contributed by atoms with Gasteiger partial charge in [0.2, 0.25) is 5.91 Å². The Morgan fingerprint density at radius 1 is 1.35 bits per heavy atom. The maximum absolute atomic E-state index is 11.9. The molecule has 17 heavy (non-hydrogen) atoms. The molecule has 2 rings (SSSR count). The van der Waals surface area contributed by atoms with Crippen molar-refractivity contribution in [2.24, 2.45) is 11.7 Å². The Morgan fingerprint density at radius 3 is 2.76 bits per heavy atom. The second-order valence-corrected chi connectivity index (χ2v) is 4.95. The second-order valence-electron chi connectivity index (χ2n) is 4.95. The molecule has 0 bridgehead atoms. The zero-order valence-electron chi connectivity index (χ0n) is 10.4. The average Bonchev–Trinajstić information content (AvgIpc) is 2.77. The third-order valence-corrected chi connectivity index (χ3v) is 3.74. The van der Waals surface area contributed by atoms with E-state index in [-0.39, 0.29) is 17.9 Å². The van der Waals surface area contributed by atoms with Gasteiger partial charge in [-0.2, -0.15) is 0 Å². The zero-order valence-corrected chi connectivity index (χ0v) is 10.4. The molecule has 1 amide bonds. The van der Waals surface area contributed by atoms with Crippen LogP contribution in [-0.4, -0.2) is 56.2 Å². The first-order valence-electron chi connectivity index (χ1n) is 6.61. The highest BCUT2D eigenvalue weighted by Crippen LogP contribution is 2.23. The van der Waals surface area contributed by atoms with Gasteiger partial charge in [-0.05, 0) is 12.8 Å². The number of morpholine rings is 1. The summed E-state index contributed by atoms with van der Waals surface area (Å²) in [6.07, 6.45) is 3.02. The number of carbonyl (C=O) groups is 1. The van der Waals surface area contributed by atoms with E-state index in [0.29, 0.717) is 0 Å². The van der Waals surface area contributed by atoms with E-state index in [1.54, 1.807) is 0 Å². The molecule has 2 fully saturated rings. The number of hydrogen-bond acceptors (Lipinski definition) is 4. The summed E-state index contributed by atoms with van der Waals surface area (Å²) in [6.45, 7) is 5.19. The van der Waals surface area contributed by atoms with Gasteiger partial charge in [0.15, 0.2) is 0 Å². The predicted molar refractivity (Wildman–Crippen MR) is 65.6 cm³/mol. The van der Waals surface area contributed by atoms with E-state index >= 15 is 0 Å². The van der Waals surface area contributed by atoms with Crippen molar-refractivity contribution in [3.63, 3.8) is 0 Å². The van der Waals surface area contributed by atoms with Crippen LogP contribution in [0, 0.1) is 5.92 Å². The minimum atomic E-state index is 0.0414. The molecule has 0 radical (unpaired) electrons. The Morgan fingerprint density at radius 2 is 2.12 bits per heavy atom.